The number of imide groups is 2. The second kappa shape index (κ2) is 8.22. The molecule has 1 aliphatic heterocycles. The Morgan fingerprint density at radius 2 is 1.93 bits per heavy atom. The van der Waals surface area contributed by atoms with E-state index in [9.17, 15) is 18.8 Å². The average Bonchev–Trinajstić information content (AvgIpc) is 2.66. The van der Waals surface area contributed by atoms with E-state index in [0.29, 0.717) is 27.8 Å². The van der Waals surface area contributed by atoms with E-state index in [2.05, 4.69) is 0 Å². The molecule has 1 saturated heterocycles. The second-order valence-corrected chi connectivity index (χ2v) is 6.35. The number of nitrogens with one attached hydrogen (secondary N) is 1. The third-order valence-electron chi connectivity index (χ3n) is 3.92. The Labute approximate surface area is 165 Å². The molecule has 0 unspecified atom stereocenters. The normalized spacial score (nSPS) is 15.8. The molecule has 144 valence electrons. The van der Waals surface area contributed by atoms with Gasteiger partial charge in [0.1, 0.15) is 17.1 Å². The van der Waals surface area contributed by atoms with Crippen LogP contribution in [-0.4, -0.2) is 24.5 Å². The molecule has 0 bridgehead atoms. The predicted molar refractivity (Wildman–Crippen MR) is 103 cm³/mol. The van der Waals surface area contributed by atoms with E-state index < -0.39 is 23.7 Å². The molecule has 2 aromatic carbocycles. The van der Waals surface area contributed by atoms with Gasteiger partial charge >= 0.3 is 6.03 Å². The fourth-order valence-electron chi connectivity index (χ4n) is 2.61. The SMILES string of the molecule is CCCOc1ccc(/C=C2/C(=O)NC(=O)N(c3ccccc3F)C2=O)cc1Cl. The highest BCUT2D eigenvalue weighted by Crippen LogP contribution is 2.28. The van der Waals surface area contributed by atoms with Gasteiger partial charge in [-0.25, -0.2) is 14.1 Å². The average molecular weight is 403 g/mol. The van der Waals surface area contributed by atoms with Gasteiger partial charge in [0.2, 0.25) is 0 Å². The molecule has 8 heteroatoms. The van der Waals surface area contributed by atoms with Crippen molar-refractivity contribution < 1.29 is 23.5 Å². The number of carbonyl (C=O) groups is 3. The molecule has 0 saturated carbocycles. The summed E-state index contributed by atoms with van der Waals surface area (Å²) in [5, 5.41) is 2.36. The van der Waals surface area contributed by atoms with E-state index in [1.807, 2.05) is 12.2 Å². The number of hydrogen-bond donors (Lipinski definition) is 1. The summed E-state index contributed by atoms with van der Waals surface area (Å²) in [6.07, 6.45) is 2.10. The van der Waals surface area contributed by atoms with Crippen LogP contribution in [0.25, 0.3) is 6.08 Å². The maximum absolute atomic E-state index is 14.1. The number of halogens is 2. The molecule has 28 heavy (non-hydrogen) atoms. The third-order valence-corrected chi connectivity index (χ3v) is 4.22. The number of urea groups is 1. The Balaban J connectivity index is 1.95. The van der Waals surface area contributed by atoms with Crippen LogP contribution in [0.15, 0.2) is 48.0 Å². The Morgan fingerprint density at radius 1 is 1.18 bits per heavy atom. The van der Waals surface area contributed by atoms with Crippen LogP contribution in [0.1, 0.15) is 18.9 Å². The molecule has 3 rings (SSSR count). The Hall–Kier alpha value is -3.19. The van der Waals surface area contributed by atoms with Crippen molar-refractivity contribution >= 4 is 41.2 Å². The summed E-state index contributed by atoms with van der Waals surface area (Å²) in [5.41, 5.74) is -0.110. The zero-order chi connectivity index (χ0) is 20.3. The van der Waals surface area contributed by atoms with E-state index >= 15 is 0 Å². The number of rotatable bonds is 5. The number of carbonyl (C=O) groups excluding carboxylic acids is 3. The van der Waals surface area contributed by atoms with Crippen LogP contribution in [0.2, 0.25) is 5.02 Å². The molecular weight excluding hydrogens is 387 g/mol. The molecule has 6 nitrogen and oxygen atoms in total. The van der Waals surface area contributed by atoms with E-state index in [-0.39, 0.29) is 11.3 Å². The number of barbiturate groups is 1. The van der Waals surface area contributed by atoms with E-state index in [1.165, 1.54) is 30.3 Å². The fraction of sp³-hybridized carbons (Fsp3) is 0.150. The summed E-state index contributed by atoms with van der Waals surface area (Å²) in [6, 6.07) is 9.05. The fourth-order valence-corrected chi connectivity index (χ4v) is 2.86. The molecule has 1 aliphatic rings. The van der Waals surface area contributed by atoms with Gasteiger partial charge in [-0.15, -0.1) is 0 Å². The number of benzene rings is 2. The lowest BCUT2D eigenvalue weighted by Gasteiger charge is -2.26. The summed E-state index contributed by atoms with van der Waals surface area (Å²) < 4.78 is 19.5. The van der Waals surface area contributed by atoms with E-state index in [4.69, 9.17) is 16.3 Å². The van der Waals surface area contributed by atoms with Crippen LogP contribution >= 0.6 is 11.6 Å². The Kier molecular flexibility index (Phi) is 5.75. The molecule has 1 N–H and O–H groups in total. The van der Waals surface area contributed by atoms with Crippen molar-refractivity contribution in [3.8, 4) is 5.75 Å². The minimum atomic E-state index is -1.02. The van der Waals surface area contributed by atoms with Gasteiger partial charge in [0, 0.05) is 0 Å². The van der Waals surface area contributed by atoms with Gasteiger partial charge in [-0.2, -0.15) is 0 Å². The molecule has 0 aromatic heterocycles. The molecule has 0 atom stereocenters. The summed E-state index contributed by atoms with van der Waals surface area (Å²) in [7, 11) is 0. The van der Waals surface area contributed by atoms with Crippen molar-refractivity contribution in [3.05, 3.63) is 64.4 Å². The monoisotopic (exact) mass is 402 g/mol. The highest BCUT2D eigenvalue weighted by atomic mass is 35.5. The highest BCUT2D eigenvalue weighted by molar-refractivity contribution is 6.39. The van der Waals surface area contributed by atoms with Crippen LogP contribution in [-0.2, 0) is 9.59 Å². The lowest BCUT2D eigenvalue weighted by atomic mass is 10.1. The first-order valence-corrected chi connectivity index (χ1v) is 8.88. The number of para-hydroxylation sites is 1. The van der Waals surface area contributed by atoms with Crippen molar-refractivity contribution in [3.63, 3.8) is 0 Å². The second-order valence-electron chi connectivity index (χ2n) is 5.95. The first-order valence-electron chi connectivity index (χ1n) is 8.50. The molecule has 4 amide bonds. The van der Waals surface area contributed by atoms with Crippen molar-refractivity contribution in [2.45, 2.75) is 13.3 Å². The molecule has 1 fully saturated rings. The zero-order valence-corrected chi connectivity index (χ0v) is 15.6. The van der Waals surface area contributed by atoms with Crippen LogP contribution in [0.3, 0.4) is 0 Å². The minimum absolute atomic E-state index is 0.246. The van der Waals surface area contributed by atoms with Gasteiger partial charge in [0.25, 0.3) is 11.8 Å². The number of nitrogens with zero attached hydrogens (tertiary/aromatic N) is 1. The topological polar surface area (TPSA) is 75.7 Å². The number of amides is 4. The molecule has 2 aromatic rings. The number of anilines is 1. The maximum Gasteiger partial charge on any atom is 0.336 e. The summed E-state index contributed by atoms with van der Waals surface area (Å²) in [4.78, 5) is 37.6. The molecule has 1 heterocycles. The van der Waals surface area contributed by atoms with Gasteiger partial charge in [-0.1, -0.05) is 36.7 Å². The number of ether oxygens (including phenoxy) is 1. The van der Waals surface area contributed by atoms with Crippen molar-refractivity contribution in [1.29, 1.82) is 0 Å². The minimum Gasteiger partial charge on any atom is -0.492 e. The van der Waals surface area contributed by atoms with Crippen LogP contribution in [0, 0.1) is 5.82 Å². The highest BCUT2D eigenvalue weighted by Gasteiger charge is 2.37. The van der Waals surface area contributed by atoms with Crippen molar-refractivity contribution in [2.24, 2.45) is 0 Å². The van der Waals surface area contributed by atoms with Crippen molar-refractivity contribution in [1.82, 2.24) is 5.32 Å². The largest absolute Gasteiger partial charge is 0.492 e. The van der Waals surface area contributed by atoms with E-state index in [0.717, 1.165) is 12.5 Å². The first kappa shape index (κ1) is 19.6. The lowest BCUT2D eigenvalue weighted by Crippen LogP contribution is -2.54. The van der Waals surface area contributed by atoms with Gasteiger partial charge in [0.15, 0.2) is 0 Å². The van der Waals surface area contributed by atoms with Crippen LogP contribution in [0.5, 0.6) is 5.75 Å². The quantitative estimate of drug-likeness (QED) is 0.607. The van der Waals surface area contributed by atoms with Gasteiger partial charge < -0.3 is 4.74 Å². The number of hydrogen-bond acceptors (Lipinski definition) is 4. The molecular formula is C20H16ClFN2O4. The lowest BCUT2D eigenvalue weighted by molar-refractivity contribution is -0.122. The van der Waals surface area contributed by atoms with E-state index in [1.54, 1.807) is 12.1 Å². The Bertz CT molecular complexity index is 990. The summed E-state index contributed by atoms with van der Waals surface area (Å²) in [6.45, 7) is 2.46. The van der Waals surface area contributed by atoms with Gasteiger partial charge in [0.05, 0.1) is 17.3 Å². The molecule has 0 spiro atoms. The Morgan fingerprint density at radius 3 is 2.61 bits per heavy atom. The van der Waals surface area contributed by atoms with Crippen molar-refractivity contribution in [2.75, 3.05) is 11.5 Å². The predicted octanol–water partition coefficient (Wildman–Crippen LogP) is 3.93. The van der Waals surface area contributed by atoms with Crippen LogP contribution < -0.4 is 15.0 Å². The third kappa shape index (κ3) is 3.89. The van der Waals surface area contributed by atoms with Crippen LogP contribution in [0.4, 0.5) is 14.9 Å². The maximum atomic E-state index is 14.1. The zero-order valence-electron chi connectivity index (χ0n) is 14.9. The molecule has 0 aliphatic carbocycles. The smallest absolute Gasteiger partial charge is 0.336 e. The van der Waals surface area contributed by atoms with Gasteiger partial charge in [-0.3, -0.25) is 14.9 Å². The van der Waals surface area contributed by atoms with Gasteiger partial charge in [-0.05, 0) is 42.3 Å². The standard InChI is InChI=1S/C20H16ClFN2O4/c1-2-9-28-17-8-7-12(11-14(17)21)10-13-18(25)23-20(27)24(19(13)26)16-6-4-3-5-15(16)22/h3-8,10-11H,2,9H2,1H3,(H,23,25,27)/b13-10-. The molecule has 0 radical (unpaired) electrons. The summed E-state index contributed by atoms with van der Waals surface area (Å²) in [5.74, 6) is -2.08. The first-order chi connectivity index (χ1) is 13.4. The summed E-state index contributed by atoms with van der Waals surface area (Å²) >= 11 is 6.17.